The van der Waals surface area contributed by atoms with Gasteiger partial charge in [-0.2, -0.15) is 31.9 Å². The summed E-state index contributed by atoms with van der Waals surface area (Å²) in [6, 6.07) is 2.40. The number of ether oxygens (including phenoxy) is 2. The zero-order chi connectivity index (χ0) is 30.5. The molecule has 0 radical (unpaired) electrons. The molecule has 3 saturated heterocycles. The summed E-state index contributed by atoms with van der Waals surface area (Å²) in [7, 11) is 1.46. The van der Waals surface area contributed by atoms with E-state index in [4.69, 9.17) is 15.2 Å². The number of aromatic nitrogens is 2. The van der Waals surface area contributed by atoms with Gasteiger partial charge in [-0.3, -0.25) is 4.90 Å². The van der Waals surface area contributed by atoms with Crippen LogP contribution in [0.25, 0.3) is 0 Å². The number of alkyl halides is 3. The number of hydrogen-bond donors (Lipinski definition) is 1. The first-order chi connectivity index (χ1) is 20.5. The van der Waals surface area contributed by atoms with Crippen LogP contribution in [-0.2, 0) is 23.9 Å². The molecule has 4 fully saturated rings. The van der Waals surface area contributed by atoms with Gasteiger partial charge < -0.3 is 20.1 Å². The molecular weight excluding hydrogens is 576 g/mol. The first kappa shape index (κ1) is 30.0. The number of hydrogen-bond acceptors (Lipinski definition) is 7. The largest absolute Gasteiger partial charge is 0.467 e. The highest BCUT2D eigenvalue weighted by atomic mass is 19.4. The Balaban J connectivity index is 0.000000250. The van der Waals surface area contributed by atoms with Crippen molar-refractivity contribution in [1.82, 2.24) is 14.9 Å². The molecule has 0 amide bonds. The predicted octanol–water partition coefficient (Wildman–Crippen LogP) is 6.28. The Labute approximate surface area is 246 Å². The molecule has 2 bridgehead atoms. The number of benzene rings is 1. The quantitative estimate of drug-likeness (QED) is 0.324. The highest BCUT2D eigenvalue weighted by Crippen LogP contribution is 2.44. The van der Waals surface area contributed by atoms with Crippen molar-refractivity contribution in [2.24, 2.45) is 11.8 Å². The molecule has 4 unspecified atom stereocenters. The first-order valence-electron chi connectivity index (χ1n) is 14.7. The first-order valence-corrected chi connectivity index (χ1v) is 14.7. The zero-order valence-corrected chi connectivity index (χ0v) is 23.9. The standard InChI is InChI=1S/C22H24F4N4O2.C8H11F2N/c1-31-21-28-17-7-18(14-5-13(27)6-16(23)19(14)22(24,25)26)32-10-15(17)20(29-21)30-8-11-2-3-12(4-11)9-30;9-8(10)6-4-7-2-1-3-11(7)5-6/h5-6,11-12,18H,2-4,7-10,27H2,1H3;7H,1-5H2. The minimum Gasteiger partial charge on any atom is -0.467 e. The molecule has 5 aliphatic rings. The van der Waals surface area contributed by atoms with Crippen molar-refractivity contribution in [3.05, 3.63) is 52.0 Å². The third-order valence-corrected chi connectivity index (χ3v) is 9.36. The van der Waals surface area contributed by atoms with Crippen LogP contribution in [0.15, 0.2) is 23.8 Å². The lowest BCUT2D eigenvalue weighted by Crippen LogP contribution is -2.38. The summed E-state index contributed by atoms with van der Waals surface area (Å²) in [4.78, 5) is 13.4. The maximum atomic E-state index is 14.3. The number of anilines is 2. The van der Waals surface area contributed by atoms with Gasteiger partial charge in [0.1, 0.15) is 11.6 Å². The third kappa shape index (κ3) is 6.15. The van der Waals surface area contributed by atoms with Gasteiger partial charge in [-0.1, -0.05) is 0 Å². The average Bonchev–Trinajstić information content (AvgIpc) is 3.66. The van der Waals surface area contributed by atoms with Crippen molar-refractivity contribution in [2.75, 3.05) is 43.9 Å². The molecule has 1 aliphatic carbocycles. The molecule has 7 rings (SSSR count). The van der Waals surface area contributed by atoms with E-state index in [2.05, 4.69) is 19.8 Å². The van der Waals surface area contributed by atoms with Gasteiger partial charge in [0.25, 0.3) is 6.08 Å². The van der Waals surface area contributed by atoms with Gasteiger partial charge in [0.15, 0.2) is 0 Å². The molecule has 1 aromatic heterocycles. The lowest BCUT2D eigenvalue weighted by molar-refractivity contribution is -0.142. The summed E-state index contributed by atoms with van der Waals surface area (Å²) in [5.41, 5.74) is 5.56. The van der Waals surface area contributed by atoms with E-state index in [1.807, 2.05) is 0 Å². The summed E-state index contributed by atoms with van der Waals surface area (Å²) in [6.45, 7) is 3.32. The SMILES string of the molecule is COc1nc2c(c(N3CC4CCC(C4)C3)n1)COC(c1cc(N)cc(F)c1C(F)(F)F)C2.FC(F)=C1CC2CCCN2C1. The number of halogens is 6. The van der Waals surface area contributed by atoms with E-state index in [0.29, 0.717) is 48.2 Å². The van der Waals surface area contributed by atoms with E-state index < -0.39 is 29.7 Å². The summed E-state index contributed by atoms with van der Waals surface area (Å²) < 4.78 is 90.4. The van der Waals surface area contributed by atoms with Crippen LogP contribution in [0.1, 0.15) is 67.0 Å². The Morgan fingerprint density at radius 2 is 1.81 bits per heavy atom. The van der Waals surface area contributed by atoms with Crippen molar-refractivity contribution in [3.63, 3.8) is 0 Å². The Morgan fingerprint density at radius 3 is 2.47 bits per heavy atom. The van der Waals surface area contributed by atoms with Gasteiger partial charge in [-0.15, -0.1) is 0 Å². The number of nitrogen functional groups attached to an aromatic ring is 1. The Kier molecular flexibility index (Phi) is 8.22. The van der Waals surface area contributed by atoms with E-state index in [1.165, 1.54) is 32.8 Å². The van der Waals surface area contributed by atoms with Gasteiger partial charge in [0, 0.05) is 48.9 Å². The van der Waals surface area contributed by atoms with Crippen LogP contribution in [0.4, 0.5) is 37.8 Å². The van der Waals surface area contributed by atoms with Crippen LogP contribution in [0.2, 0.25) is 0 Å². The maximum Gasteiger partial charge on any atom is 0.419 e. The molecule has 0 spiro atoms. The number of rotatable bonds is 3. The fourth-order valence-electron chi connectivity index (χ4n) is 7.43. The minimum absolute atomic E-state index is 0.0267. The second-order valence-corrected chi connectivity index (χ2v) is 12.2. The minimum atomic E-state index is -4.88. The van der Waals surface area contributed by atoms with Crippen molar-refractivity contribution >= 4 is 11.5 Å². The van der Waals surface area contributed by atoms with E-state index in [9.17, 15) is 26.3 Å². The molecule has 2 aromatic rings. The van der Waals surface area contributed by atoms with Crippen LogP contribution in [0.3, 0.4) is 0 Å². The zero-order valence-electron chi connectivity index (χ0n) is 23.9. The van der Waals surface area contributed by atoms with Crippen LogP contribution < -0.4 is 15.4 Å². The molecule has 13 heteroatoms. The third-order valence-electron chi connectivity index (χ3n) is 9.36. The van der Waals surface area contributed by atoms with Gasteiger partial charge in [-0.25, -0.2) is 4.39 Å². The molecule has 43 heavy (non-hydrogen) atoms. The maximum absolute atomic E-state index is 14.3. The van der Waals surface area contributed by atoms with Gasteiger partial charge in [0.2, 0.25) is 0 Å². The molecule has 2 N–H and O–H groups in total. The highest BCUT2D eigenvalue weighted by Gasteiger charge is 2.41. The second-order valence-electron chi connectivity index (χ2n) is 12.2. The topological polar surface area (TPSA) is 76.7 Å². The van der Waals surface area contributed by atoms with Crippen molar-refractivity contribution in [2.45, 2.75) is 69.9 Å². The molecule has 1 saturated carbocycles. The molecule has 4 atom stereocenters. The Hall–Kier alpha value is -3.06. The van der Waals surface area contributed by atoms with E-state index in [1.54, 1.807) is 0 Å². The molecule has 5 heterocycles. The lowest BCUT2D eigenvalue weighted by atomic mass is 9.93. The molecule has 234 valence electrons. The monoisotopic (exact) mass is 611 g/mol. The Morgan fingerprint density at radius 1 is 1.07 bits per heavy atom. The fraction of sp³-hybridized carbons (Fsp3) is 0.600. The van der Waals surface area contributed by atoms with E-state index in [-0.39, 0.29) is 30.3 Å². The normalized spacial score (nSPS) is 26.6. The van der Waals surface area contributed by atoms with Crippen LogP contribution in [0.5, 0.6) is 6.01 Å². The van der Waals surface area contributed by atoms with Crippen molar-refractivity contribution in [1.29, 1.82) is 0 Å². The molecule has 4 aliphatic heterocycles. The Bertz CT molecular complexity index is 1370. The van der Waals surface area contributed by atoms with Gasteiger partial charge in [-0.05, 0) is 74.6 Å². The number of nitrogens with two attached hydrogens (primary N) is 1. The summed E-state index contributed by atoms with van der Waals surface area (Å²) >= 11 is 0. The van der Waals surface area contributed by atoms with Crippen molar-refractivity contribution in [3.8, 4) is 6.01 Å². The number of methoxy groups -OCH3 is 1. The van der Waals surface area contributed by atoms with E-state index >= 15 is 0 Å². The van der Waals surface area contributed by atoms with Crippen LogP contribution in [0, 0.1) is 17.7 Å². The molecular formula is C30H35F6N5O2. The van der Waals surface area contributed by atoms with Crippen LogP contribution >= 0.6 is 0 Å². The molecule has 7 nitrogen and oxygen atoms in total. The highest BCUT2D eigenvalue weighted by molar-refractivity contribution is 5.53. The lowest BCUT2D eigenvalue weighted by Gasteiger charge is -2.36. The molecule has 1 aromatic carbocycles. The van der Waals surface area contributed by atoms with E-state index in [0.717, 1.165) is 43.5 Å². The average molecular weight is 612 g/mol. The number of fused-ring (bicyclic) bond motifs is 4. The number of nitrogens with zero attached hydrogens (tertiary/aromatic N) is 4. The number of piperidine rings is 1. The summed E-state index contributed by atoms with van der Waals surface area (Å²) in [6.07, 6.45) is -0.796. The fourth-order valence-corrected chi connectivity index (χ4v) is 7.43. The van der Waals surface area contributed by atoms with Gasteiger partial charge >= 0.3 is 12.2 Å². The van der Waals surface area contributed by atoms with Crippen molar-refractivity contribution < 1.29 is 35.8 Å². The summed E-state index contributed by atoms with van der Waals surface area (Å²) in [5, 5.41) is 0. The van der Waals surface area contributed by atoms with Crippen LogP contribution in [-0.4, -0.2) is 54.2 Å². The smallest absolute Gasteiger partial charge is 0.419 e. The van der Waals surface area contributed by atoms with Gasteiger partial charge in [0.05, 0.1) is 31.1 Å². The second kappa shape index (κ2) is 11.8. The predicted molar refractivity (Wildman–Crippen MR) is 147 cm³/mol. The summed E-state index contributed by atoms with van der Waals surface area (Å²) in [5.74, 6) is 0.544.